The molecule has 1 aliphatic heterocycles. The van der Waals surface area contributed by atoms with E-state index >= 15 is 0 Å². The number of hydrogen-bond acceptors (Lipinski definition) is 7. The van der Waals surface area contributed by atoms with Gasteiger partial charge in [-0.25, -0.2) is 0 Å². The molecule has 2 heterocycles. The minimum Gasteiger partial charge on any atom is -0.497 e. The quantitative estimate of drug-likeness (QED) is 0.590. The molecule has 0 spiro atoms. The molecule has 8 nitrogen and oxygen atoms in total. The summed E-state index contributed by atoms with van der Waals surface area (Å²) in [5, 5.41) is 8.80. The molecule has 0 unspecified atom stereocenters. The number of ether oxygens (including phenoxy) is 3. The molecular weight excluding hydrogens is 408 g/mol. The number of para-hydroxylation sites is 1. The largest absolute Gasteiger partial charge is 0.497 e. The number of carbonyl (C=O) groups is 1. The zero-order chi connectivity index (χ0) is 22.5. The van der Waals surface area contributed by atoms with Gasteiger partial charge in [0, 0.05) is 37.8 Å². The number of methoxy groups -OCH3 is 3. The van der Waals surface area contributed by atoms with Crippen LogP contribution in [-0.4, -0.2) is 68.5 Å². The van der Waals surface area contributed by atoms with Crippen LogP contribution in [0.1, 0.15) is 10.4 Å². The highest BCUT2D eigenvalue weighted by molar-refractivity contribution is 5.97. The van der Waals surface area contributed by atoms with E-state index in [1.54, 1.807) is 39.5 Å². The average Bonchev–Trinajstić information content (AvgIpc) is 2.88. The highest BCUT2D eigenvalue weighted by Gasteiger charge is 2.25. The van der Waals surface area contributed by atoms with Crippen molar-refractivity contribution in [1.29, 1.82) is 0 Å². The Hall–Kier alpha value is -3.81. The Balaban J connectivity index is 1.42. The van der Waals surface area contributed by atoms with E-state index in [0.717, 1.165) is 22.8 Å². The van der Waals surface area contributed by atoms with E-state index in [9.17, 15) is 4.79 Å². The first-order valence-corrected chi connectivity index (χ1v) is 10.4. The maximum Gasteiger partial charge on any atom is 0.257 e. The first-order chi connectivity index (χ1) is 15.6. The van der Waals surface area contributed by atoms with Crippen molar-refractivity contribution in [3.63, 3.8) is 0 Å². The number of nitrogens with zero attached hydrogens (tertiary/aromatic N) is 4. The summed E-state index contributed by atoms with van der Waals surface area (Å²) in [6, 6.07) is 16.9. The first kappa shape index (κ1) is 21.4. The van der Waals surface area contributed by atoms with Crippen LogP contribution in [0.3, 0.4) is 0 Å². The number of aromatic nitrogens is 2. The van der Waals surface area contributed by atoms with Gasteiger partial charge in [-0.3, -0.25) is 4.79 Å². The van der Waals surface area contributed by atoms with Gasteiger partial charge in [-0.15, -0.1) is 10.2 Å². The van der Waals surface area contributed by atoms with E-state index in [-0.39, 0.29) is 5.91 Å². The molecule has 2 aromatic carbocycles. The second-order valence-corrected chi connectivity index (χ2v) is 7.32. The molecular formula is C24H26N4O4. The third-order valence-electron chi connectivity index (χ3n) is 5.56. The van der Waals surface area contributed by atoms with Gasteiger partial charge in [0.05, 0.1) is 32.6 Å². The fraction of sp³-hybridized carbons (Fsp3) is 0.292. The van der Waals surface area contributed by atoms with Crippen LogP contribution in [0.25, 0.3) is 11.3 Å². The molecule has 0 radical (unpaired) electrons. The van der Waals surface area contributed by atoms with E-state index in [2.05, 4.69) is 15.1 Å². The van der Waals surface area contributed by atoms with Gasteiger partial charge in [0.25, 0.3) is 5.91 Å². The molecule has 1 fully saturated rings. The molecule has 0 N–H and O–H groups in total. The number of benzene rings is 2. The van der Waals surface area contributed by atoms with Crippen molar-refractivity contribution in [2.24, 2.45) is 0 Å². The fourth-order valence-electron chi connectivity index (χ4n) is 3.78. The van der Waals surface area contributed by atoms with Crippen LogP contribution in [0.2, 0.25) is 0 Å². The lowest BCUT2D eigenvalue weighted by atomic mass is 10.1. The number of rotatable bonds is 6. The van der Waals surface area contributed by atoms with Crippen LogP contribution in [0.15, 0.2) is 54.6 Å². The Morgan fingerprint density at radius 3 is 2.22 bits per heavy atom. The highest BCUT2D eigenvalue weighted by atomic mass is 16.5. The lowest BCUT2D eigenvalue weighted by Gasteiger charge is -2.35. The summed E-state index contributed by atoms with van der Waals surface area (Å²) in [6.07, 6.45) is 0. The fourth-order valence-corrected chi connectivity index (χ4v) is 3.78. The monoisotopic (exact) mass is 434 g/mol. The lowest BCUT2D eigenvalue weighted by Crippen LogP contribution is -2.49. The number of anilines is 1. The molecule has 1 aromatic heterocycles. The van der Waals surface area contributed by atoms with Gasteiger partial charge in [-0.2, -0.15) is 0 Å². The van der Waals surface area contributed by atoms with Crippen LogP contribution >= 0.6 is 0 Å². The Bertz CT molecular complexity index is 1080. The average molecular weight is 434 g/mol. The van der Waals surface area contributed by atoms with Gasteiger partial charge in [-0.05, 0) is 36.4 Å². The number of piperazine rings is 1. The molecule has 1 aliphatic rings. The summed E-state index contributed by atoms with van der Waals surface area (Å²) in [7, 11) is 4.78. The minimum atomic E-state index is -0.0539. The summed E-state index contributed by atoms with van der Waals surface area (Å²) in [6.45, 7) is 2.52. The van der Waals surface area contributed by atoms with Crippen molar-refractivity contribution >= 4 is 11.7 Å². The van der Waals surface area contributed by atoms with E-state index in [0.29, 0.717) is 43.2 Å². The first-order valence-electron chi connectivity index (χ1n) is 10.4. The smallest absolute Gasteiger partial charge is 0.257 e. The van der Waals surface area contributed by atoms with Crippen molar-refractivity contribution in [2.45, 2.75) is 0 Å². The zero-order valence-corrected chi connectivity index (χ0v) is 18.4. The number of carbonyl (C=O) groups excluding carboxylic acids is 1. The highest BCUT2D eigenvalue weighted by Crippen LogP contribution is 2.29. The van der Waals surface area contributed by atoms with Gasteiger partial charge in [0.15, 0.2) is 5.82 Å². The van der Waals surface area contributed by atoms with Crippen molar-refractivity contribution < 1.29 is 19.0 Å². The van der Waals surface area contributed by atoms with Crippen molar-refractivity contribution in [1.82, 2.24) is 15.1 Å². The maximum atomic E-state index is 13.0. The Morgan fingerprint density at radius 2 is 1.56 bits per heavy atom. The SMILES string of the molecule is COc1ccc(C(=O)N2CCN(c3ccc(-c4ccccc4OC)nn3)CC2)c(OC)c1. The lowest BCUT2D eigenvalue weighted by molar-refractivity contribution is 0.0743. The van der Waals surface area contributed by atoms with E-state index < -0.39 is 0 Å². The molecule has 0 bridgehead atoms. The van der Waals surface area contributed by atoms with Gasteiger partial charge < -0.3 is 24.0 Å². The molecule has 0 saturated carbocycles. The molecule has 0 aliphatic carbocycles. The predicted molar refractivity (Wildman–Crippen MR) is 122 cm³/mol. The van der Waals surface area contributed by atoms with Crippen molar-refractivity contribution in [3.8, 4) is 28.5 Å². The molecule has 0 atom stereocenters. The Kier molecular flexibility index (Phi) is 6.39. The van der Waals surface area contributed by atoms with Crippen LogP contribution in [0, 0.1) is 0 Å². The normalized spacial score (nSPS) is 13.6. The molecule has 3 aromatic rings. The maximum absolute atomic E-state index is 13.0. The van der Waals surface area contributed by atoms with Crippen molar-refractivity contribution in [3.05, 3.63) is 60.2 Å². The summed E-state index contributed by atoms with van der Waals surface area (Å²) >= 11 is 0. The predicted octanol–water partition coefficient (Wildman–Crippen LogP) is 3.13. The zero-order valence-electron chi connectivity index (χ0n) is 18.4. The van der Waals surface area contributed by atoms with Gasteiger partial charge in [-0.1, -0.05) is 12.1 Å². The van der Waals surface area contributed by atoms with E-state index in [4.69, 9.17) is 14.2 Å². The van der Waals surface area contributed by atoms with Gasteiger partial charge >= 0.3 is 0 Å². The van der Waals surface area contributed by atoms with Crippen LogP contribution < -0.4 is 19.1 Å². The summed E-state index contributed by atoms with van der Waals surface area (Å²) in [5.41, 5.74) is 2.19. The molecule has 4 rings (SSSR count). The van der Waals surface area contributed by atoms with E-state index in [1.165, 1.54) is 0 Å². The molecule has 1 amide bonds. The third kappa shape index (κ3) is 4.30. The Labute approximate surface area is 187 Å². The van der Waals surface area contributed by atoms with Gasteiger partial charge in [0.1, 0.15) is 17.2 Å². The molecule has 32 heavy (non-hydrogen) atoms. The summed E-state index contributed by atoms with van der Waals surface area (Å²) < 4.78 is 16.0. The van der Waals surface area contributed by atoms with Crippen molar-refractivity contribution in [2.75, 3.05) is 52.4 Å². The second kappa shape index (κ2) is 9.55. The van der Waals surface area contributed by atoms with E-state index in [1.807, 2.05) is 41.3 Å². The van der Waals surface area contributed by atoms with Crippen LogP contribution in [0.5, 0.6) is 17.2 Å². The molecule has 8 heteroatoms. The number of amides is 1. The van der Waals surface area contributed by atoms with Gasteiger partial charge in [0.2, 0.25) is 0 Å². The molecule has 1 saturated heterocycles. The minimum absolute atomic E-state index is 0.0539. The second-order valence-electron chi connectivity index (χ2n) is 7.32. The van der Waals surface area contributed by atoms with Crippen LogP contribution in [-0.2, 0) is 0 Å². The topological polar surface area (TPSA) is 77.0 Å². The number of hydrogen-bond donors (Lipinski definition) is 0. The molecule has 166 valence electrons. The standard InChI is InChI=1S/C24H26N4O4/c1-30-17-8-9-19(22(16-17)32-3)24(29)28-14-12-27(13-15-28)23-11-10-20(25-26-23)18-6-4-5-7-21(18)31-2/h4-11,16H,12-15H2,1-3H3. The Morgan fingerprint density at radius 1 is 0.812 bits per heavy atom. The summed E-state index contributed by atoms with van der Waals surface area (Å²) in [5.74, 6) is 2.66. The van der Waals surface area contributed by atoms with Crippen LogP contribution in [0.4, 0.5) is 5.82 Å². The third-order valence-corrected chi connectivity index (χ3v) is 5.56. The summed E-state index contributed by atoms with van der Waals surface area (Å²) in [4.78, 5) is 17.0.